The fraction of sp³-hybridized carbons (Fsp3) is 0.280. The Bertz CT molecular complexity index is 1040. The summed E-state index contributed by atoms with van der Waals surface area (Å²) >= 11 is 0. The van der Waals surface area contributed by atoms with Crippen LogP contribution >= 0.6 is 0 Å². The van der Waals surface area contributed by atoms with E-state index in [1.54, 1.807) is 18.3 Å². The van der Waals surface area contributed by atoms with E-state index in [1.807, 2.05) is 50.2 Å². The second-order valence-electron chi connectivity index (χ2n) is 8.07. The van der Waals surface area contributed by atoms with Gasteiger partial charge in [0.1, 0.15) is 17.6 Å². The molecular weight excluding hydrogens is 390 g/mol. The molecule has 6 heteroatoms. The summed E-state index contributed by atoms with van der Waals surface area (Å²) in [7, 11) is 0. The lowest BCUT2D eigenvalue weighted by molar-refractivity contribution is -0.118. The number of hydrogen-bond donors (Lipinski definition) is 2. The van der Waals surface area contributed by atoms with Crippen LogP contribution in [0.4, 0.5) is 5.69 Å². The predicted octanol–water partition coefficient (Wildman–Crippen LogP) is 4.86. The van der Waals surface area contributed by atoms with Gasteiger partial charge in [0.15, 0.2) is 0 Å². The molecule has 3 aromatic rings. The van der Waals surface area contributed by atoms with E-state index < -0.39 is 6.04 Å². The number of anilines is 1. The van der Waals surface area contributed by atoms with Crippen molar-refractivity contribution in [2.45, 2.75) is 38.8 Å². The largest absolute Gasteiger partial charge is 0.485 e. The maximum absolute atomic E-state index is 12.1. The molecule has 1 amide bonds. The fourth-order valence-electron chi connectivity index (χ4n) is 3.49. The van der Waals surface area contributed by atoms with Crippen LogP contribution in [-0.2, 0) is 11.2 Å². The van der Waals surface area contributed by atoms with E-state index in [2.05, 4.69) is 22.4 Å². The Morgan fingerprint density at radius 2 is 1.97 bits per heavy atom. The fourth-order valence-corrected chi connectivity index (χ4v) is 3.49. The average molecular weight is 418 g/mol. The van der Waals surface area contributed by atoms with Crippen LogP contribution in [0, 0.1) is 5.92 Å². The summed E-state index contributed by atoms with van der Waals surface area (Å²) < 4.78 is 12.1. The van der Waals surface area contributed by atoms with Crippen molar-refractivity contribution in [3.05, 3.63) is 78.0 Å². The average Bonchev–Trinajstić information content (AvgIpc) is 2.80. The normalized spacial score (nSPS) is 16.2. The third-order valence-electron chi connectivity index (χ3n) is 5.40. The number of aryl methyl sites for hydroxylation is 1. The molecule has 0 radical (unpaired) electrons. The van der Waals surface area contributed by atoms with Crippen molar-refractivity contribution in [1.82, 2.24) is 4.98 Å². The van der Waals surface area contributed by atoms with E-state index in [-0.39, 0.29) is 17.9 Å². The molecule has 0 saturated heterocycles. The van der Waals surface area contributed by atoms with Crippen molar-refractivity contribution >= 4 is 11.6 Å². The number of nitrogens with zero attached hydrogens (tertiary/aromatic N) is 1. The van der Waals surface area contributed by atoms with Gasteiger partial charge < -0.3 is 20.5 Å². The predicted molar refractivity (Wildman–Crippen MR) is 120 cm³/mol. The molecule has 3 N–H and O–H groups in total. The van der Waals surface area contributed by atoms with Crippen LogP contribution in [0.3, 0.4) is 0 Å². The topological polar surface area (TPSA) is 86.5 Å². The molecule has 6 nitrogen and oxygen atoms in total. The lowest BCUT2D eigenvalue weighted by Crippen LogP contribution is -2.39. The van der Waals surface area contributed by atoms with Crippen molar-refractivity contribution in [3.8, 4) is 17.4 Å². The summed E-state index contributed by atoms with van der Waals surface area (Å²) in [5, 5.41) is 2.77. The Balaban J connectivity index is 1.39. The van der Waals surface area contributed by atoms with Gasteiger partial charge in [-0.1, -0.05) is 44.2 Å². The van der Waals surface area contributed by atoms with Crippen LogP contribution in [0.15, 0.2) is 66.9 Å². The Morgan fingerprint density at radius 3 is 2.68 bits per heavy atom. The van der Waals surface area contributed by atoms with Crippen LogP contribution in [0.2, 0.25) is 0 Å². The number of carbonyl (C=O) groups excluding carboxylic acids is 1. The molecule has 1 aliphatic heterocycles. The van der Waals surface area contributed by atoms with Crippen molar-refractivity contribution in [2.24, 2.45) is 11.7 Å². The Hall–Kier alpha value is -3.38. The summed E-state index contributed by atoms with van der Waals surface area (Å²) in [4.78, 5) is 16.4. The zero-order chi connectivity index (χ0) is 21.8. The van der Waals surface area contributed by atoms with Gasteiger partial charge in [-0.05, 0) is 54.2 Å². The molecule has 0 saturated carbocycles. The Morgan fingerprint density at radius 1 is 1.16 bits per heavy atom. The van der Waals surface area contributed by atoms with Gasteiger partial charge >= 0.3 is 0 Å². The van der Waals surface area contributed by atoms with E-state index in [1.165, 1.54) is 5.56 Å². The van der Waals surface area contributed by atoms with Gasteiger partial charge in [0.05, 0.1) is 17.9 Å². The number of benzene rings is 2. The van der Waals surface area contributed by atoms with Gasteiger partial charge in [-0.25, -0.2) is 4.98 Å². The molecule has 31 heavy (non-hydrogen) atoms. The van der Waals surface area contributed by atoms with E-state index in [0.717, 1.165) is 24.2 Å². The molecule has 4 rings (SSSR count). The van der Waals surface area contributed by atoms with E-state index in [4.69, 9.17) is 15.2 Å². The highest BCUT2D eigenvalue weighted by Gasteiger charge is 2.22. The lowest BCUT2D eigenvalue weighted by atomic mass is 9.97. The lowest BCUT2D eigenvalue weighted by Gasteiger charge is -2.26. The quantitative estimate of drug-likeness (QED) is 0.598. The molecule has 2 atom stereocenters. The number of ether oxygens (including phenoxy) is 2. The van der Waals surface area contributed by atoms with Gasteiger partial charge in [-0.2, -0.15) is 0 Å². The SMILES string of the molecule is CC(C)[C@H](N)C(=O)Nc1ccc(Oc2ccc3c(c2)CCC(c2ccccc2)O3)nc1. The molecule has 0 spiro atoms. The molecular formula is C25H27N3O3. The molecule has 1 aliphatic rings. The minimum atomic E-state index is -0.560. The highest BCUT2D eigenvalue weighted by atomic mass is 16.5. The molecule has 2 heterocycles. The minimum Gasteiger partial charge on any atom is -0.485 e. The highest BCUT2D eigenvalue weighted by molar-refractivity contribution is 5.94. The molecule has 160 valence electrons. The smallest absolute Gasteiger partial charge is 0.241 e. The zero-order valence-corrected chi connectivity index (χ0v) is 17.7. The molecule has 2 aromatic carbocycles. The summed E-state index contributed by atoms with van der Waals surface area (Å²) in [5.41, 5.74) is 8.77. The first kappa shape index (κ1) is 20.9. The number of hydrogen-bond acceptors (Lipinski definition) is 5. The van der Waals surface area contributed by atoms with Crippen LogP contribution in [0.5, 0.6) is 17.4 Å². The minimum absolute atomic E-state index is 0.0616. The molecule has 1 unspecified atom stereocenters. The van der Waals surface area contributed by atoms with E-state index in [0.29, 0.717) is 17.3 Å². The monoisotopic (exact) mass is 417 g/mol. The molecule has 1 aromatic heterocycles. The standard InChI is InChI=1S/C25H27N3O3/c1-16(2)24(26)25(29)28-19-9-13-23(27-15-19)30-20-10-12-22-18(14-20)8-11-21(31-22)17-6-4-3-5-7-17/h3-7,9-10,12-16,21,24H,8,11,26H2,1-2H3,(H,28,29)/t21?,24-/m0/s1. The van der Waals surface area contributed by atoms with Gasteiger partial charge in [-0.3, -0.25) is 4.79 Å². The summed E-state index contributed by atoms with van der Waals surface area (Å²) in [5.74, 6) is 1.87. The van der Waals surface area contributed by atoms with E-state index >= 15 is 0 Å². The van der Waals surface area contributed by atoms with Crippen LogP contribution < -0.4 is 20.5 Å². The van der Waals surface area contributed by atoms with E-state index in [9.17, 15) is 4.79 Å². The zero-order valence-electron chi connectivity index (χ0n) is 17.7. The van der Waals surface area contributed by atoms with Crippen LogP contribution in [-0.4, -0.2) is 16.9 Å². The number of aromatic nitrogens is 1. The van der Waals surface area contributed by atoms with Gasteiger partial charge in [0, 0.05) is 6.07 Å². The summed E-state index contributed by atoms with van der Waals surface area (Å²) in [6, 6.07) is 19.0. The van der Waals surface area contributed by atoms with Crippen LogP contribution in [0.1, 0.15) is 37.5 Å². The number of carbonyl (C=O) groups is 1. The number of pyridine rings is 1. The second kappa shape index (κ2) is 9.18. The first-order valence-electron chi connectivity index (χ1n) is 10.5. The Kier molecular flexibility index (Phi) is 6.18. The first-order valence-corrected chi connectivity index (χ1v) is 10.5. The van der Waals surface area contributed by atoms with Crippen molar-refractivity contribution in [3.63, 3.8) is 0 Å². The van der Waals surface area contributed by atoms with Crippen molar-refractivity contribution in [1.29, 1.82) is 0 Å². The highest BCUT2D eigenvalue weighted by Crippen LogP contribution is 2.37. The number of nitrogens with two attached hydrogens (primary N) is 1. The van der Waals surface area contributed by atoms with Gasteiger partial charge in [0.2, 0.25) is 11.8 Å². The molecule has 0 bridgehead atoms. The second-order valence-corrected chi connectivity index (χ2v) is 8.07. The number of amides is 1. The summed E-state index contributed by atoms with van der Waals surface area (Å²) in [6.45, 7) is 3.82. The Labute approximate surface area is 182 Å². The van der Waals surface area contributed by atoms with Crippen molar-refractivity contribution < 1.29 is 14.3 Å². The van der Waals surface area contributed by atoms with Gasteiger partial charge in [0.25, 0.3) is 0 Å². The summed E-state index contributed by atoms with van der Waals surface area (Å²) in [6.07, 6.45) is 3.48. The molecule has 0 aliphatic carbocycles. The third-order valence-corrected chi connectivity index (χ3v) is 5.40. The maximum Gasteiger partial charge on any atom is 0.241 e. The number of rotatable bonds is 6. The van der Waals surface area contributed by atoms with Crippen molar-refractivity contribution in [2.75, 3.05) is 5.32 Å². The number of nitrogens with one attached hydrogen (secondary N) is 1. The number of fused-ring (bicyclic) bond motifs is 1. The van der Waals surface area contributed by atoms with Crippen LogP contribution in [0.25, 0.3) is 0 Å². The van der Waals surface area contributed by atoms with Gasteiger partial charge in [-0.15, -0.1) is 0 Å². The molecule has 0 fully saturated rings. The maximum atomic E-state index is 12.1. The third kappa shape index (κ3) is 5.03. The first-order chi connectivity index (χ1) is 15.0.